The minimum atomic E-state index is -3.84. The number of hydrogen-bond acceptors (Lipinski definition) is 4. The molecule has 2 aromatic rings. The van der Waals surface area contributed by atoms with E-state index in [9.17, 15) is 18.0 Å². The molecule has 0 aromatic heterocycles. The minimum absolute atomic E-state index is 0.122. The van der Waals surface area contributed by atoms with Gasteiger partial charge in [0.25, 0.3) is 0 Å². The summed E-state index contributed by atoms with van der Waals surface area (Å²) in [5.41, 5.74) is 2.89. The Labute approximate surface area is 191 Å². The van der Waals surface area contributed by atoms with Crippen LogP contribution in [0.25, 0.3) is 0 Å². The van der Waals surface area contributed by atoms with Crippen LogP contribution in [0.15, 0.2) is 53.4 Å². The quantitative estimate of drug-likeness (QED) is 0.592. The van der Waals surface area contributed by atoms with Crippen molar-refractivity contribution in [3.05, 3.63) is 65.2 Å². The van der Waals surface area contributed by atoms with Gasteiger partial charge in [-0.2, -0.15) is 4.31 Å². The summed E-state index contributed by atoms with van der Waals surface area (Å²) >= 11 is 0. The molecule has 174 valence electrons. The van der Waals surface area contributed by atoms with Crippen LogP contribution in [0.2, 0.25) is 0 Å². The third kappa shape index (κ3) is 6.64. The van der Waals surface area contributed by atoms with Crippen LogP contribution >= 0.6 is 0 Å². The molecule has 0 radical (unpaired) electrons. The van der Waals surface area contributed by atoms with E-state index in [4.69, 9.17) is 0 Å². The molecule has 1 atom stereocenters. The van der Waals surface area contributed by atoms with Crippen LogP contribution in [0.5, 0.6) is 0 Å². The predicted molar refractivity (Wildman–Crippen MR) is 125 cm³/mol. The normalized spacial score (nSPS) is 12.4. The molecule has 1 N–H and O–H groups in total. The Morgan fingerprint density at radius 1 is 0.969 bits per heavy atom. The van der Waals surface area contributed by atoms with E-state index in [0.29, 0.717) is 6.54 Å². The van der Waals surface area contributed by atoms with Gasteiger partial charge in [0.2, 0.25) is 21.8 Å². The zero-order valence-corrected chi connectivity index (χ0v) is 20.3. The van der Waals surface area contributed by atoms with Gasteiger partial charge in [0.15, 0.2) is 0 Å². The molecular formula is C24H33N3O4S. The van der Waals surface area contributed by atoms with Crippen molar-refractivity contribution in [3.63, 3.8) is 0 Å². The first kappa shape index (κ1) is 25.5. The van der Waals surface area contributed by atoms with E-state index in [1.54, 1.807) is 19.1 Å². The number of amides is 2. The van der Waals surface area contributed by atoms with Crippen molar-refractivity contribution in [2.24, 2.45) is 0 Å². The number of likely N-dealkylation sites (N-methyl/N-ethyl adjacent to an activating group) is 1. The maximum Gasteiger partial charge on any atom is 0.243 e. The lowest BCUT2D eigenvalue weighted by molar-refractivity contribution is -0.140. The van der Waals surface area contributed by atoms with Crippen molar-refractivity contribution < 1.29 is 18.0 Å². The van der Waals surface area contributed by atoms with Crippen LogP contribution in [-0.4, -0.2) is 55.6 Å². The second-order valence-corrected chi connectivity index (χ2v) is 10.1. The van der Waals surface area contributed by atoms with Crippen LogP contribution in [-0.2, 0) is 26.2 Å². The standard InChI is InChI=1S/C24H33N3O4S/c1-6-15-25-24(29)20(4)27(16-21-11-7-18(2)8-12-21)23(28)17-26(5)32(30,31)22-13-9-19(3)10-14-22/h7-14,20H,6,15-17H2,1-5H3,(H,25,29)/t20-/m0/s1. The summed E-state index contributed by atoms with van der Waals surface area (Å²) in [6, 6.07) is 13.4. The largest absolute Gasteiger partial charge is 0.354 e. The second-order valence-electron chi connectivity index (χ2n) is 8.05. The number of carbonyl (C=O) groups excluding carboxylic acids is 2. The summed E-state index contributed by atoms with van der Waals surface area (Å²) in [5.74, 6) is -0.709. The van der Waals surface area contributed by atoms with Crippen molar-refractivity contribution in [3.8, 4) is 0 Å². The predicted octanol–water partition coefficient (Wildman–Crippen LogP) is 2.87. The lowest BCUT2D eigenvalue weighted by atomic mass is 10.1. The molecule has 0 heterocycles. The highest BCUT2D eigenvalue weighted by atomic mass is 32.2. The number of carbonyl (C=O) groups is 2. The van der Waals surface area contributed by atoms with Crippen LogP contribution < -0.4 is 5.32 Å². The molecule has 0 saturated carbocycles. The molecule has 7 nitrogen and oxygen atoms in total. The van der Waals surface area contributed by atoms with E-state index < -0.39 is 22.0 Å². The Morgan fingerprint density at radius 3 is 2.03 bits per heavy atom. The highest BCUT2D eigenvalue weighted by molar-refractivity contribution is 7.89. The summed E-state index contributed by atoms with van der Waals surface area (Å²) in [5, 5.41) is 2.81. The summed E-state index contributed by atoms with van der Waals surface area (Å²) in [6.45, 7) is 7.80. The van der Waals surface area contributed by atoms with Crippen molar-refractivity contribution in [2.75, 3.05) is 20.1 Å². The van der Waals surface area contributed by atoms with Crippen molar-refractivity contribution in [1.29, 1.82) is 0 Å². The lowest BCUT2D eigenvalue weighted by Crippen LogP contribution is -2.50. The number of benzene rings is 2. The fourth-order valence-electron chi connectivity index (χ4n) is 3.13. The molecule has 0 aliphatic rings. The molecule has 2 aromatic carbocycles. The summed E-state index contributed by atoms with van der Waals surface area (Å²) in [4.78, 5) is 27.4. The Hall–Kier alpha value is -2.71. The van der Waals surface area contributed by atoms with E-state index in [1.165, 1.54) is 24.1 Å². The van der Waals surface area contributed by atoms with Gasteiger partial charge in [-0.3, -0.25) is 9.59 Å². The molecule has 0 saturated heterocycles. The van der Waals surface area contributed by atoms with Gasteiger partial charge in [0, 0.05) is 20.1 Å². The summed E-state index contributed by atoms with van der Waals surface area (Å²) in [6.07, 6.45) is 0.780. The highest BCUT2D eigenvalue weighted by Gasteiger charge is 2.30. The van der Waals surface area contributed by atoms with Gasteiger partial charge in [0.05, 0.1) is 11.4 Å². The SMILES string of the molecule is CCCNC(=O)[C@H](C)N(Cc1ccc(C)cc1)C(=O)CN(C)S(=O)(=O)c1ccc(C)cc1. The van der Waals surface area contributed by atoms with Crippen LogP contribution in [0.4, 0.5) is 0 Å². The van der Waals surface area contributed by atoms with E-state index in [2.05, 4.69) is 5.32 Å². The number of aryl methyl sites for hydroxylation is 2. The first-order valence-corrected chi connectivity index (χ1v) is 12.2. The number of nitrogens with one attached hydrogen (secondary N) is 1. The molecule has 0 bridgehead atoms. The van der Waals surface area contributed by atoms with Crippen molar-refractivity contribution >= 4 is 21.8 Å². The van der Waals surface area contributed by atoms with Crippen molar-refractivity contribution in [1.82, 2.24) is 14.5 Å². The molecule has 0 unspecified atom stereocenters. The van der Waals surface area contributed by atoms with Gasteiger partial charge in [-0.1, -0.05) is 54.4 Å². The van der Waals surface area contributed by atoms with E-state index in [0.717, 1.165) is 27.4 Å². The number of sulfonamides is 1. The third-order valence-corrected chi connectivity index (χ3v) is 7.09. The van der Waals surface area contributed by atoms with Crippen molar-refractivity contribution in [2.45, 2.75) is 51.6 Å². The molecule has 0 aliphatic carbocycles. The first-order valence-electron chi connectivity index (χ1n) is 10.7. The van der Waals surface area contributed by atoms with E-state index in [1.807, 2.05) is 45.0 Å². The number of rotatable bonds is 10. The zero-order valence-electron chi connectivity index (χ0n) is 19.5. The maximum atomic E-state index is 13.2. The molecule has 0 spiro atoms. The first-order chi connectivity index (χ1) is 15.1. The average Bonchev–Trinajstić information content (AvgIpc) is 2.76. The Kier molecular flexibility index (Phi) is 8.98. The monoisotopic (exact) mass is 459 g/mol. The fraction of sp³-hybridized carbons (Fsp3) is 0.417. The molecule has 8 heteroatoms. The van der Waals surface area contributed by atoms with E-state index in [-0.39, 0.29) is 23.9 Å². The number of nitrogens with zero attached hydrogens (tertiary/aromatic N) is 2. The topological polar surface area (TPSA) is 86.8 Å². The van der Waals surface area contributed by atoms with Gasteiger partial charge in [-0.05, 0) is 44.9 Å². The highest BCUT2D eigenvalue weighted by Crippen LogP contribution is 2.17. The lowest BCUT2D eigenvalue weighted by Gasteiger charge is -2.30. The van der Waals surface area contributed by atoms with E-state index >= 15 is 0 Å². The Balaban J connectivity index is 2.24. The average molecular weight is 460 g/mol. The fourth-order valence-corrected chi connectivity index (χ4v) is 4.25. The molecule has 32 heavy (non-hydrogen) atoms. The van der Waals surface area contributed by atoms with Crippen LogP contribution in [0.3, 0.4) is 0 Å². The third-order valence-electron chi connectivity index (χ3n) is 5.28. The van der Waals surface area contributed by atoms with Gasteiger partial charge in [0.1, 0.15) is 6.04 Å². The Morgan fingerprint density at radius 2 is 1.50 bits per heavy atom. The summed E-state index contributed by atoms with van der Waals surface area (Å²) in [7, 11) is -2.46. The Bertz CT molecular complexity index is 1020. The molecule has 2 rings (SSSR count). The van der Waals surface area contributed by atoms with Crippen LogP contribution in [0, 0.1) is 13.8 Å². The van der Waals surface area contributed by atoms with Gasteiger partial charge in [-0.25, -0.2) is 8.42 Å². The molecule has 2 amide bonds. The maximum absolute atomic E-state index is 13.2. The molecular weight excluding hydrogens is 426 g/mol. The van der Waals surface area contributed by atoms with Gasteiger partial charge < -0.3 is 10.2 Å². The number of hydrogen-bond donors (Lipinski definition) is 1. The zero-order chi connectivity index (χ0) is 23.9. The molecule has 0 fully saturated rings. The summed E-state index contributed by atoms with van der Waals surface area (Å²) < 4.78 is 26.9. The van der Waals surface area contributed by atoms with Crippen LogP contribution in [0.1, 0.15) is 37.0 Å². The minimum Gasteiger partial charge on any atom is -0.354 e. The van der Waals surface area contributed by atoms with Gasteiger partial charge >= 0.3 is 0 Å². The smallest absolute Gasteiger partial charge is 0.243 e. The second kappa shape index (κ2) is 11.2. The van der Waals surface area contributed by atoms with Gasteiger partial charge in [-0.15, -0.1) is 0 Å². The molecule has 0 aliphatic heterocycles.